The Morgan fingerprint density at radius 3 is 2.52 bits per heavy atom. The molecule has 0 bridgehead atoms. The summed E-state index contributed by atoms with van der Waals surface area (Å²) in [6.45, 7) is 2.25. The lowest BCUT2D eigenvalue weighted by molar-refractivity contribution is -0.0296. The Morgan fingerprint density at radius 1 is 1.04 bits per heavy atom. The highest BCUT2D eigenvalue weighted by atomic mass is 16.5. The first-order chi connectivity index (χ1) is 13.1. The van der Waals surface area contributed by atoms with Crippen LogP contribution in [-0.2, 0) is 11.2 Å². The molecule has 2 aromatic rings. The molecule has 1 aliphatic carbocycles. The van der Waals surface area contributed by atoms with Gasteiger partial charge in [-0.05, 0) is 63.0 Å². The van der Waals surface area contributed by atoms with Crippen molar-refractivity contribution in [3.63, 3.8) is 0 Å². The predicted molar refractivity (Wildman–Crippen MR) is 106 cm³/mol. The van der Waals surface area contributed by atoms with Crippen molar-refractivity contribution in [1.29, 1.82) is 0 Å². The standard InChI is InChI=1S/C23H29NO3/c1-16-7-10-19-11-14-22(25)21(24(19)23(16)26)15-27-20-12-8-18(9-13-20)17-5-3-2-4-6-17/h2-7,10,18,20-22,25H,8-9,11-15H2,1H3. The van der Waals surface area contributed by atoms with Crippen LogP contribution in [0.2, 0.25) is 0 Å². The summed E-state index contributed by atoms with van der Waals surface area (Å²) in [5.41, 5.74) is 3.17. The lowest BCUT2D eigenvalue weighted by Gasteiger charge is -2.35. The van der Waals surface area contributed by atoms with Gasteiger partial charge in [0.1, 0.15) is 0 Å². The monoisotopic (exact) mass is 367 g/mol. The number of hydrogen-bond donors (Lipinski definition) is 1. The molecule has 2 atom stereocenters. The van der Waals surface area contributed by atoms with Gasteiger partial charge in [-0.25, -0.2) is 0 Å². The Morgan fingerprint density at radius 2 is 1.78 bits per heavy atom. The number of pyridine rings is 1. The topological polar surface area (TPSA) is 51.5 Å². The molecule has 2 unspecified atom stereocenters. The minimum atomic E-state index is -0.516. The van der Waals surface area contributed by atoms with Crippen LogP contribution in [0.4, 0.5) is 0 Å². The van der Waals surface area contributed by atoms with Gasteiger partial charge in [0, 0.05) is 11.3 Å². The molecule has 1 aromatic carbocycles. The first-order valence-corrected chi connectivity index (χ1v) is 10.2. The van der Waals surface area contributed by atoms with Crippen LogP contribution in [0.15, 0.2) is 47.3 Å². The minimum absolute atomic E-state index is 0.00707. The number of aryl methyl sites for hydroxylation is 2. The van der Waals surface area contributed by atoms with Gasteiger partial charge in [-0.1, -0.05) is 36.4 Å². The normalized spacial score (nSPS) is 27.9. The van der Waals surface area contributed by atoms with Crippen LogP contribution in [0.5, 0.6) is 0 Å². The number of aromatic nitrogens is 1. The molecule has 2 aliphatic rings. The number of benzene rings is 1. The summed E-state index contributed by atoms with van der Waals surface area (Å²) >= 11 is 0. The number of nitrogens with zero attached hydrogens (tertiary/aromatic N) is 1. The predicted octanol–water partition coefficient (Wildman–Crippen LogP) is 3.75. The molecular weight excluding hydrogens is 338 g/mol. The van der Waals surface area contributed by atoms with E-state index in [4.69, 9.17) is 4.74 Å². The summed E-state index contributed by atoms with van der Waals surface area (Å²) in [6.07, 6.45) is 5.50. The Labute approximate surface area is 160 Å². The average molecular weight is 367 g/mol. The first kappa shape index (κ1) is 18.5. The van der Waals surface area contributed by atoms with E-state index in [0.717, 1.165) is 43.4 Å². The summed E-state index contributed by atoms with van der Waals surface area (Å²) in [4.78, 5) is 12.6. The lowest BCUT2D eigenvalue weighted by atomic mass is 9.83. The van der Waals surface area contributed by atoms with Crippen LogP contribution in [0, 0.1) is 6.92 Å². The maximum absolute atomic E-state index is 12.6. The van der Waals surface area contributed by atoms with Gasteiger partial charge in [0.2, 0.25) is 0 Å². The fourth-order valence-corrected chi connectivity index (χ4v) is 4.63. The maximum atomic E-state index is 12.6. The number of fused-ring (bicyclic) bond motifs is 1. The second-order valence-corrected chi connectivity index (χ2v) is 8.07. The highest BCUT2D eigenvalue weighted by molar-refractivity contribution is 5.20. The van der Waals surface area contributed by atoms with Gasteiger partial charge in [-0.3, -0.25) is 4.79 Å². The summed E-state index contributed by atoms with van der Waals surface area (Å²) in [5, 5.41) is 10.5. The Balaban J connectivity index is 1.39. The third-order valence-corrected chi connectivity index (χ3v) is 6.31. The number of hydrogen-bond acceptors (Lipinski definition) is 3. The molecular formula is C23H29NO3. The van der Waals surface area contributed by atoms with Crippen molar-refractivity contribution in [2.24, 2.45) is 0 Å². The van der Waals surface area contributed by atoms with Crippen molar-refractivity contribution < 1.29 is 9.84 Å². The van der Waals surface area contributed by atoms with Gasteiger partial charge < -0.3 is 14.4 Å². The number of aliphatic hydroxyl groups excluding tert-OH is 1. The van der Waals surface area contributed by atoms with E-state index in [1.165, 1.54) is 5.56 Å². The van der Waals surface area contributed by atoms with E-state index in [1.807, 2.05) is 19.1 Å². The van der Waals surface area contributed by atoms with E-state index < -0.39 is 6.10 Å². The molecule has 0 saturated heterocycles. The minimum Gasteiger partial charge on any atom is -0.391 e. The Bertz CT molecular complexity index is 821. The van der Waals surface area contributed by atoms with Gasteiger partial charge >= 0.3 is 0 Å². The van der Waals surface area contributed by atoms with E-state index in [0.29, 0.717) is 18.9 Å². The number of aliphatic hydroxyl groups is 1. The van der Waals surface area contributed by atoms with E-state index in [-0.39, 0.29) is 17.7 Å². The van der Waals surface area contributed by atoms with Crippen LogP contribution in [-0.4, -0.2) is 28.5 Å². The number of rotatable bonds is 4. The zero-order valence-electron chi connectivity index (χ0n) is 16.0. The van der Waals surface area contributed by atoms with E-state index in [9.17, 15) is 9.90 Å². The summed E-state index contributed by atoms with van der Waals surface area (Å²) in [7, 11) is 0. The van der Waals surface area contributed by atoms with Crippen LogP contribution < -0.4 is 5.56 Å². The molecule has 1 aromatic heterocycles. The third kappa shape index (κ3) is 3.87. The quantitative estimate of drug-likeness (QED) is 0.895. The lowest BCUT2D eigenvalue weighted by Crippen LogP contribution is -2.42. The molecule has 1 N–H and O–H groups in total. The SMILES string of the molecule is Cc1ccc2n(c1=O)C(COC1CCC(c3ccccc3)CC1)C(O)CC2. The van der Waals surface area contributed by atoms with E-state index >= 15 is 0 Å². The fourth-order valence-electron chi connectivity index (χ4n) is 4.63. The Hall–Kier alpha value is -1.91. The van der Waals surface area contributed by atoms with Crippen molar-refractivity contribution in [2.45, 2.75) is 69.6 Å². The molecule has 0 amide bonds. The molecule has 144 valence electrons. The highest BCUT2D eigenvalue weighted by Crippen LogP contribution is 2.34. The molecule has 1 aliphatic heterocycles. The van der Waals surface area contributed by atoms with Crippen LogP contribution in [0.25, 0.3) is 0 Å². The molecule has 4 heteroatoms. The van der Waals surface area contributed by atoms with Gasteiger partial charge in [-0.2, -0.15) is 0 Å². The van der Waals surface area contributed by atoms with Crippen LogP contribution in [0.3, 0.4) is 0 Å². The number of ether oxygens (including phenoxy) is 1. The smallest absolute Gasteiger partial charge is 0.254 e. The molecule has 1 saturated carbocycles. The summed E-state index contributed by atoms with van der Waals surface area (Å²) in [5.74, 6) is 0.623. The molecule has 4 rings (SSSR count). The van der Waals surface area contributed by atoms with Crippen molar-refractivity contribution >= 4 is 0 Å². The molecule has 4 nitrogen and oxygen atoms in total. The van der Waals surface area contributed by atoms with Crippen molar-refractivity contribution in [1.82, 2.24) is 4.57 Å². The molecule has 0 spiro atoms. The van der Waals surface area contributed by atoms with Gasteiger partial charge in [-0.15, -0.1) is 0 Å². The van der Waals surface area contributed by atoms with E-state index in [2.05, 4.69) is 30.3 Å². The maximum Gasteiger partial charge on any atom is 0.254 e. The second-order valence-electron chi connectivity index (χ2n) is 8.07. The third-order valence-electron chi connectivity index (χ3n) is 6.31. The zero-order valence-corrected chi connectivity index (χ0v) is 16.0. The van der Waals surface area contributed by atoms with Crippen LogP contribution in [0.1, 0.15) is 60.9 Å². The van der Waals surface area contributed by atoms with Crippen molar-refractivity contribution in [3.8, 4) is 0 Å². The summed E-state index contributed by atoms with van der Waals surface area (Å²) < 4.78 is 7.99. The van der Waals surface area contributed by atoms with Crippen LogP contribution >= 0.6 is 0 Å². The van der Waals surface area contributed by atoms with E-state index in [1.54, 1.807) is 4.57 Å². The molecule has 0 radical (unpaired) electrons. The van der Waals surface area contributed by atoms with Gasteiger partial charge in [0.05, 0.1) is 24.9 Å². The Kier molecular flexibility index (Phi) is 5.46. The first-order valence-electron chi connectivity index (χ1n) is 10.2. The molecule has 27 heavy (non-hydrogen) atoms. The average Bonchev–Trinajstić information content (AvgIpc) is 2.71. The summed E-state index contributed by atoms with van der Waals surface area (Å²) in [6, 6.07) is 14.4. The highest BCUT2D eigenvalue weighted by Gasteiger charge is 2.31. The van der Waals surface area contributed by atoms with Crippen molar-refractivity contribution in [2.75, 3.05) is 6.61 Å². The fraction of sp³-hybridized carbons (Fsp3) is 0.522. The molecule has 1 fully saturated rings. The largest absolute Gasteiger partial charge is 0.391 e. The zero-order chi connectivity index (χ0) is 18.8. The molecule has 2 heterocycles. The second kappa shape index (κ2) is 7.99. The van der Waals surface area contributed by atoms with Crippen molar-refractivity contribution in [3.05, 3.63) is 69.6 Å². The van der Waals surface area contributed by atoms with Gasteiger partial charge in [0.15, 0.2) is 0 Å². The van der Waals surface area contributed by atoms with Gasteiger partial charge in [0.25, 0.3) is 5.56 Å².